The first-order valence-corrected chi connectivity index (χ1v) is 5.17. The first kappa shape index (κ1) is 10.4. The molecule has 0 amide bonds. The van der Waals surface area contributed by atoms with Gasteiger partial charge in [-0.3, -0.25) is 0 Å². The van der Waals surface area contributed by atoms with Crippen molar-refractivity contribution in [2.45, 2.75) is 24.9 Å². The minimum Gasteiger partial charge on any atom is -0.205 e. The molecule has 0 spiro atoms. The summed E-state index contributed by atoms with van der Waals surface area (Å²) in [6.45, 7) is 0. The van der Waals surface area contributed by atoms with Gasteiger partial charge in [0.2, 0.25) is 0 Å². The summed E-state index contributed by atoms with van der Waals surface area (Å²) in [6.07, 6.45) is 1.06. The van der Waals surface area contributed by atoms with Crippen LogP contribution in [0.2, 0.25) is 0 Å². The molecule has 0 aliphatic carbocycles. The third-order valence-electron chi connectivity index (χ3n) is 3.32. The van der Waals surface area contributed by atoms with E-state index in [-0.39, 0.29) is 11.1 Å². The summed E-state index contributed by atoms with van der Waals surface area (Å²) < 4.78 is 54.4. The van der Waals surface area contributed by atoms with Crippen LogP contribution in [-0.2, 0) is 0 Å². The normalized spacial score (nSPS) is 27.6. The maximum Gasteiger partial charge on any atom is 0.197 e. The van der Waals surface area contributed by atoms with Gasteiger partial charge in [0.05, 0.1) is 12.1 Å². The van der Waals surface area contributed by atoms with Crippen LogP contribution in [0, 0.1) is 23.3 Å². The van der Waals surface area contributed by atoms with E-state index in [1.165, 1.54) is 4.42 Å². The Hall–Kier alpha value is -0.810. The number of halogens is 5. The summed E-state index contributed by atoms with van der Waals surface area (Å²) in [5, 5.41) is 0. The maximum atomic E-state index is 13.5. The molecule has 2 atom stereocenters. The molecule has 1 aromatic rings. The largest absolute Gasteiger partial charge is 0.205 e. The number of nitrogens with zero attached hydrogens (tertiary/aromatic N) is 1. The molecule has 86 valence electrons. The Morgan fingerprint density at radius 2 is 1.19 bits per heavy atom. The predicted molar refractivity (Wildman–Crippen MR) is 48.7 cm³/mol. The molecular weight excluding hydrogens is 246 g/mol. The highest BCUT2D eigenvalue weighted by Gasteiger charge is 2.48. The van der Waals surface area contributed by atoms with Crippen molar-refractivity contribution in [2.24, 2.45) is 0 Å². The molecule has 0 aromatic heterocycles. The zero-order valence-corrected chi connectivity index (χ0v) is 8.66. The van der Waals surface area contributed by atoms with Crippen LogP contribution in [0.4, 0.5) is 17.6 Å². The van der Waals surface area contributed by atoms with Gasteiger partial charge >= 0.3 is 0 Å². The van der Waals surface area contributed by atoms with Crippen molar-refractivity contribution in [3.05, 3.63) is 34.4 Å². The average molecular weight is 252 g/mol. The van der Waals surface area contributed by atoms with Crippen LogP contribution in [0.1, 0.15) is 36.1 Å². The molecule has 1 nitrogen and oxygen atoms in total. The lowest BCUT2D eigenvalue weighted by molar-refractivity contribution is 0.389. The number of rotatable bonds is 0. The van der Waals surface area contributed by atoms with Crippen LogP contribution in [0.15, 0.2) is 0 Å². The second kappa shape index (κ2) is 3.11. The van der Waals surface area contributed by atoms with Crippen LogP contribution in [0.5, 0.6) is 0 Å². The van der Waals surface area contributed by atoms with E-state index in [1.807, 2.05) is 0 Å². The van der Waals surface area contributed by atoms with Gasteiger partial charge in [-0.1, -0.05) is 0 Å². The highest BCUT2D eigenvalue weighted by atomic mass is 35.5. The van der Waals surface area contributed by atoms with Gasteiger partial charge in [0.1, 0.15) is 0 Å². The van der Waals surface area contributed by atoms with Crippen LogP contribution in [-0.4, -0.2) is 4.42 Å². The van der Waals surface area contributed by atoms with Crippen LogP contribution in [0.3, 0.4) is 0 Å². The van der Waals surface area contributed by atoms with Gasteiger partial charge in [-0.2, -0.15) is 0 Å². The lowest BCUT2D eigenvalue weighted by atomic mass is 9.90. The smallest absolute Gasteiger partial charge is 0.197 e. The SMILES string of the molecule is Fc1c(F)c(F)c2c(c1F)C1CCC2N1Cl. The predicted octanol–water partition coefficient (Wildman–Crippen LogP) is 3.59. The molecule has 1 saturated heterocycles. The van der Waals surface area contributed by atoms with Crippen molar-refractivity contribution < 1.29 is 17.6 Å². The topological polar surface area (TPSA) is 3.24 Å². The van der Waals surface area contributed by atoms with Gasteiger partial charge in [-0.25, -0.2) is 22.0 Å². The fourth-order valence-electron chi connectivity index (χ4n) is 2.63. The lowest BCUT2D eigenvalue weighted by Crippen LogP contribution is -2.09. The third-order valence-corrected chi connectivity index (χ3v) is 3.79. The van der Waals surface area contributed by atoms with Gasteiger partial charge in [0, 0.05) is 11.1 Å². The van der Waals surface area contributed by atoms with Crippen LogP contribution >= 0.6 is 11.8 Å². The van der Waals surface area contributed by atoms with Gasteiger partial charge in [0.15, 0.2) is 23.3 Å². The van der Waals surface area contributed by atoms with E-state index < -0.39 is 35.4 Å². The number of hydrogen-bond acceptors (Lipinski definition) is 1. The van der Waals surface area contributed by atoms with Crippen molar-refractivity contribution >= 4 is 11.8 Å². The Balaban J connectivity index is 2.35. The van der Waals surface area contributed by atoms with Crippen molar-refractivity contribution in [3.63, 3.8) is 0 Å². The molecule has 3 rings (SSSR count). The van der Waals surface area contributed by atoms with E-state index in [2.05, 4.69) is 0 Å². The zero-order valence-electron chi connectivity index (χ0n) is 7.91. The highest BCUT2D eigenvalue weighted by Crippen LogP contribution is 2.56. The number of benzene rings is 1. The molecule has 2 bridgehead atoms. The molecule has 2 unspecified atom stereocenters. The van der Waals surface area contributed by atoms with Gasteiger partial charge < -0.3 is 0 Å². The van der Waals surface area contributed by atoms with E-state index in [4.69, 9.17) is 11.8 Å². The first-order chi connectivity index (χ1) is 7.54. The Kier molecular flexibility index (Phi) is 2.01. The fourth-order valence-corrected chi connectivity index (χ4v) is 3.02. The van der Waals surface area contributed by atoms with E-state index in [0.29, 0.717) is 12.8 Å². The lowest BCUT2D eigenvalue weighted by Gasteiger charge is -2.15. The second-order valence-corrected chi connectivity index (χ2v) is 4.43. The average Bonchev–Trinajstić information content (AvgIpc) is 2.77. The summed E-state index contributed by atoms with van der Waals surface area (Å²) in [5.74, 6) is -6.14. The van der Waals surface area contributed by atoms with Crippen molar-refractivity contribution in [1.29, 1.82) is 0 Å². The Labute approximate surface area is 93.7 Å². The Morgan fingerprint density at radius 3 is 1.56 bits per heavy atom. The minimum atomic E-state index is -1.76. The molecule has 6 heteroatoms. The van der Waals surface area contributed by atoms with Gasteiger partial charge in [0.25, 0.3) is 0 Å². The van der Waals surface area contributed by atoms with Crippen molar-refractivity contribution in [1.82, 2.24) is 4.42 Å². The second-order valence-electron chi connectivity index (χ2n) is 4.04. The van der Waals surface area contributed by atoms with E-state index in [1.54, 1.807) is 0 Å². The van der Waals surface area contributed by atoms with Gasteiger partial charge in [-0.05, 0) is 24.6 Å². The number of hydrogen-bond donors (Lipinski definition) is 0. The standard InChI is InChI=1S/C10H6ClF4N/c11-16-3-1-2-4(16)6-5(3)7(12)9(14)10(15)8(6)13/h3-4H,1-2H2. The van der Waals surface area contributed by atoms with E-state index in [9.17, 15) is 17.6 Å². The molecule has 2 heterocycles. The first-order valence-electron chi connectivity index (χ1n) is 4.84. The molecule has 0 N–H and O–H groups in total. The summed E-state index contributed by atoms with van der Waals surface area (Å²) in [5.41, 5.74) is -0.245. The third kappa shape index (κ3) is 1.00. The monoisotopic (exact) mass is 251 g/mol. The molecule has 2 aliphatic heterocycles. The van der Waals surface area contributed by atoms with E-state index in [0.717, 1.165) is 0 Å². The maximum absolute atomic E-state index is 13.5. The molecule has 2 aliphatic rings. The summed E-state index contributed by atoms with van der Waals surface area (Å²) in [7, 11) is 0. The van der Waals surface area contributed by atoms with Crippen molar-refractivity contribution in [2.75, 3.05) is 0 Å². The summed E-state index contributed by atoms with van der Waals surface area (Å²) in [4.78, 5) is 0. The highest BCUT2D eigenvalue weighted by molar-refractivity contribution is 6.14. The van der Waals surface area contributed by atoms with Crippen molar-refractivity contribution in [3.8, 4) is 0 Å². The Morgan fingerprint density at radius 1 is 0.812 bits per heavy atom. The fraction of sp³-hybridized carbons (Fsp3) is 0.400. The van der Waals surface area contributed by atoms with E-state index >= 15 is 0 Å². The van der Waals surface area contributed by atoms with Gasteiger partial charge in [-0.15, -0.1) is 0 Å². The summed E-state index contributed by atoms with van der Waals surface area (Å²) in [6, 6.07) is -1.10. The summed E-state index contributed by atoms with van der Waals surface area (Å²) >= 11 is 5.84. The molecule has 0 radical (unpaired) electrons. The zero-order chi connectivity index (χ0) is 11.6. The molecular formula is C10H6ClF4N. The minimum absolute atomic E-state index is 0.123. The quantitative estimate of drug-likeness (QED) is 0.295. The Bertz CT molecular complexity index is 447. The van der Waals surface area contributed by atoms with Crippen LogP contribution < -0.4 is 0 Å². The molecule has 16 heavy (non-hydrogen) atoms. The van der Waals surface area contributed by atoms with Crippen LogP contribution in [0.25, 0.3) is 0 Å². The molecule has 0 saturated carbocycles. The number of fused-ring (bicyclic) bond motifs is 5. The molecule has 1 aromatic carbocycles. The molecule has 1 fully saturated rings.